The second-order valence-corrected chi connectivity index (χ2v) is 5.46. The highest BCUT2D eigenvalue weighted by atomic mass is 16.4. The van der Waals surface area contributed by atoms with Crippen LogP contribution >= 0.6 is 0 Å². The summed E-state index contributed by atoms with van der Waals surface area (Å²) in [7, 11) is 0. The van der Waals surface area contributed by atoms with E-state index in [9.17, 15) is 14.7 Å². The molecule has 1 aliphatic rings. The Hall–Kier alpha value is -1.06. The van der Waals surface area contributed by atoms with Crippen LogP contribution in [-0.4, -0.2) is 22.2 Å². The van der Waals surface area contributed by atoms with E-state index in [1.807, 2.05) is 6.92 Å². The summed E-state index contributed by atoms with van der Waals surface area (Å²) in [6, 6.07) is 0. The maximum atomic E-state index is 11.4. The third-order valence-electron chi connectivity index (χ3n) is 4.40. The van der Waals surface area contributed by atoms with E-state index in [1.165, 1.54) is 13.3 Å². The lowest BCUT2D eigenvalue weighted by Gasteiger charge is -2.35. The van der Waals surface area contributed by atoms with Crippen molar-refractivity contribution in [2.45, 2.75) is 52.4 Å². The predicted molar refractivity (Wildman–Crippen MR) is 68.3 cm³/mol. The summed E-state index contributed by atoms with van der Waals surface area (Å²) in [4.78, 5) is 22.5. The number of hydrogen-bond acceptors (Lipinski definition) is 2. The Labute approximate surface area is 108 Å². The lowest BCUT2D eigenvalue weighted by molar-refractivity contribution is -0.156. The number of carbonyl (C=O) groups is 2. The first-order valence-corrected chi connectivity index (χ1v) is 6.94. The second-order valence-electron chi connectivity index (χ2n) is 5.46. The SMILES string of the molecule is CCC(C1CCCCC1)C(C(=O)O)C(C)C(=O)O. The Morgan fingerprint density at radius 1 is 1.11 bits per heavy atom. The molecule has 1 rings (SSSR count). The van der Waals surface area contributed by atoms with Gasteiger partial charge in [-0.15, -0.1) is 0 Å². The van der Waals surface area contributed by atoms with Crippen molar-refractivity contribution in [1.29, 1.82) is 0 Å². The van der Waals surface area contributed by atoms with Crippen LogP contribution < -0.4 is 0 Å². The van der Waals surface area contributed by atoms with Crippen molar-refractivity contribution in [1.82, 2.24) is 0 Å². The minimum Gasteiger partial charge on any atom is -0.481 e. The fourth-order valence-electron chi connectivity index (χ4n) is 3.36. The minimum absolute atomic E-state index is 0.00565. The second kappa shape index (κ2) is 6.76. The maximum absolute atomic E-state index is 11.4. The van der Waals surface area contributed by atoms with Gasteiger partial charge in [-0.2, -0.15) is 0 Å². The number of rotatable bonds is 6. The van der Waals surface area contributed by atoms with Gasteiger partial charge in [0.15, 0.2) is 0 Å². The quantitative estimate of drug-likeness (QED) is 0.766. The van der Waals surface area contributed by atoms with Crippen LogP contribution in [0.3, 0.4) is 0 Å². The number of hydrogen-bond donors (Lipinski definition) is 2. The molecule has 4 heteroatoms. The molecule has 0 aromatic rings. The van der Waals surface area contributed by atoms with Crippen molar-refractivity contribution >= 4 is 11.9 Å². The molecule has 3 unspecified atom stereocenters. The average molecular weight is 256 g/mol. The van der Waals surface area contributed by atoms with Gasteiger partial charge in [0, 0.05) is 0 Å². The molecule has 0 spiro atoms. The van der Waals surface area contributed by atoms with Gasteiger partial charge >= 0.3 is 11.9 Å². The van der Waals surface area contributed by atoms with Gasteiger partial charge in [-0.05, 0) is 11.8 Å². The summed E-state index contributed by atoms with van der Waals surface area (Å²) in [5.74, 6) is -3.15. The van der Waals surface area contributed by atoms with Crippen LogP contribution in [0.4, 0.5) is 0 Å². The zero-order valence-corrected chi connectivity index (χ0v) is 11.3. The van der Waals surface area contributed by atoms with E-state index >= 15 is 0 Å². The Morgan fingerprint density at radius 3 is 2.06 bits per heavy atom. The van der Waals surface area contributed by atoms with Gasteiger partial charge in [-0.3, -0.25) is 9.59 Å². The topological polar surface area (TPSA) is 74.6 Å². The van der Waals surface area contributed by atoms with Gasteiger partial charge in [0.2, 0.25) is 0 Å². The molecule has 1 fully saturated rings. The molecule has 1 aliphatic carbocycles. The van der Waals surface area contributed by atoms with Crippen molar-refractivity contribution in [3.63, 3.8) is 0 Å². The molecular weight excluding hydrogens is 232 g/mol. The molecule has 18 heavy (non-hydrogen) atoms. The monoisotopic (exact) mass is 256 g/mol. The molecule has 0 heterocycles. The summed E-state index contributed by atoms with van der Waals surface area (Å²) >= 11 is 0. The lowest BCUT2D eigenvalue weighted by Crippen LogP contribution is -2.37. The highest BCUT2D eigenvalue weighted by molar-refractivity contribution is 5.79. The van der Waals surface area contributed by atoms with E-state index in [1.54, 1.807) is 0 Å². The fourth-order valence-corrected chi connectivity index (χ4v) is 3.36. The molecule has 2 N–H and O–H groups in total. The van der Waals surface area contributed by atoms with E-state index in [0.29, 0.717) is 5.92 Å². The Balaban J connectivity index is 2.85. The highest BCUT2D eigenvalue weighted by Gasteiger charge is 2.39. The summed E-state index contributed by atoms with van der Waals surface area (Å²) in [5.41, 5.74) is 0. The molecule has 0 aromatic heterocycles. The van der Waals surface area contributed by atoms with Gasteiger partial charge < -0.3 is 10.2 Å². The van der Waals surface area contributed by atoms with Crippen molar-refractivity contribution in [2.24, 2.45) is 23.7 Å². The van der Waals surface area contributed by atoms with Gasteiger partial charge in [0.1, 0.15) is 0 Å². The third-order valence-corrected chi connectivity index (χ3v) is 4.40. The molecule has 0 aliphatic heterocycles. The molecule has 0 bridgehead atoms. The van der Waals surface area contributed by atoms with Crippen LogP contribution in [0.5, 0.6) is 0 Å². The largest absolute Gasteiger partial charge is 0.481 e. The molecule has 104 valence electrons. The van der Waals surface area contributed by atoms with Gasteiger partial charge in [-0.25, -0.2) is 0 Å². The molecule has 0 amide bonds. The molecule has 0 aromatic carbocycles. The van der Waals surface area contributed by atoms with Crippen LogP contribution in [0.15, 0.2) is 0 Å². The van der Waals surface area contributed by atoms with E-state index in [4.69, 9.17) is 5.11 Å². The number of carboxylic acid groups (broad SMARTS) is 2. The van der Waals surface area contributed by atoms with Crippen molar-refractivity contribution in [3.05, 3.63) is 0 Å². The normalized spacial score (nSPS) is 22.1. The zero-order valence-electron chi connectivity index (χ0n) is 11.3. The molecule has 1 saturated carbocycles. The van der Waals surface area contributed by atoms with Crippen LogP contribution in [0.25, 0.3) is 0 Å². The molecule has 0 saturated heterocycles. The standard InChI is InChI=1S/C14H24O4/c1-3-11(10-7-5-4-6-8-10)12(14(17)18)9(2)13(15)16/h9-12H,3-8H2,1-2H3,(H,15,16)(H,17,18). The molecule has 0 radical (unpaired) electrons. The first-order valence-electron chi connectivity index (χ1n) is 6.94. The van der Waals surface area contributed by atoms with Crippen molar-refractivity contribution in [2.75, 3.05) is 0 Å². The molecule has 3 atom stereocenters. The highest BCUT2D eigenvalue weighted by Crippen LogP contribution is 2.38. The van der Waals surface area contributed by atoms with Crippen LogP contribution in [0.2, 0.25) is 0 Å². The first-order chi connectivity index (χ1) is 8.49. The smallest absolute Gasteiger partial charge is 0.307 e. The van der Waals surface area contributed by atoms with E-state index in [-0.39, 0.29) is 5.92 Å². The third kappa shape index (κ3) is 3.47. The van der Waals surface area contributed by atoms with Crippen LogP contribution in [0.1, 0.15) is 52.4 Å². The van der Waals surface area contributed by atoms with Gasteiger partial charge in [0.25, 0.3) is 0 Å². The zero-order chi connectivity index (χ0) is 13.7. The van der Waals surface area contributed by atoms with E-state index in [0.717, 1.165) is 32.1 Å². The molecule has 4 nitrogen and oxygen atoms in total. The van der Waals surface area contributed by atoms with Crippen LogP contribution in [-0.2, 0) is 9.59 Å². The lowest BCUT2D eigenvalue weighted by atomic mass is 9.69. The van der Waals surface area contributed by atoms with Crippen molar-refractivity contribution in [3.8, 4) is 0 Å². The number of aliphatic carboxylic acids is 2. The maximum Gasteiger partial charge on any atom is 0.307 e. The van der Waals surface area contributed by atoms with Crippen molar-refractivity contribution < 1.29 is 19.8 Å². The summed E-state index contributed by atoms with van der Waals surface area (Å²) in [5, 5.41) is 18.4. The number of carboxylic acids is 2. The van der Waals surface area contributed by atoms with Gasteiger partial charge in [0.05, 0.1) is 11.8 Å². The summed E-state index contributed by atoms with van der Waals surface area (Å²) in [6.45, 7) is 3.50. The Morgan fingerprint density at radius 2 is 1.67 bits per heavy atom. The Bertz CT molecular complexity index is 294. The van der Waals surface area contributed by atoms with Crippen LogP contribution in [0, 0.1) is 23.7 Å². The fraction of sp³-hybridized carbons (Fsp3) is 0.857. The summed E-state index contributed by atoms with van der Waals surface area (Å²) < 4.78 is 0. The Kier molecular flexibility index (Phi) is 5.63. The minimum atomic E-state index is -1.00. The summed E-state index contributed by atoms with van der Waals surface area (Å²) in [6.07, 6.45) is 6.37. The molecular formula is C14H24O4. The van der Waals surface area contributed by atoms with E-state index < -0.39 is 23.8 Å². The first kappa shape index (κ1) is 15.0. The average Bonchev–Trinajstić information content (AvgIpc) is 2.35. The van der Waals surface area contributed by atoms with Gasteiger partial charge in [-0.1, -0.05) is 52.4 Å². The predicted octanol–water partition coefficient (Wildman–Crippen LogP) is 3.01. The van der Waals surface area contributed by atoms with E-state index in [2.05, 4.69) is 0 Å².